The van der Waals surface area contributed by atoms with Crippen molar-refractivity contribution in [3.05, 3.63) is 70.8 Å². The van der Waals surface area contributed by atoms with Gasteiger partial charge in [0.25, 0.3) is 5.91 Å². The van der Waals surface area contributed by atoms with Crippen LogP contribution in [0.5, 0.6) is 0 Å². The van der Waals surface area contributed by atoms with Crippen molar-refractivity contribution in [2.45, 2.75) is 26.6 Å². The predicted octanol–water partition coefficient (Wildman–Crippen LogP) is 1.74. The summed E-state index contributed by atoms with van der Waals surface area (Å²) in [6, 6.07) is 14.5. The summed E-state index contributed by atoms with van der Waals surface area (Å²) in [5, 5.41) is 14.8. The quantitative estimate of drug-likeness (QED) is 0.760. The zero-order valence-corrected chi connectivity index (χ0v) is 13.0. The summed E-state index contributed by atoms with van der Waals surface area (Å²) in [5.41, 5.74) is 3.18. The Balaban J connectivity index is 1.94. The molecule has 0 aliphatic rings. The second kappa shape index (κ2) is 8.10. The maximum absolute atomic E-state index is 12.2. The van der Waals surface area contributed by atoms with E-state index in [4.69, 9.17) is 0 Å². The van der Waals surface area contributed by atoms with E-state index < -0.39 is 0 Å². The largest absolute Gasteiger partial charge is 0.392 e. The van der Waals surface area contributed by atoms with Crippen molar-refractivity contribution in [1.29, 1.82) is 0 Å². The van der Waals surface area contributed by atoms with Gasteiger partial charge in [0.1, 0.15) is 0 Å². The zero-order chi connectivity index (χ0) is 16.7. The summed E-state index contributed by atoms with van der Waals surface area (Å²) in [5.74, 6) is -0.266. The molecular formula is C18H20N2O3. The van der Waals surface area contributed by atoms with E-state index in [1.165, 1.54) is 6.92 Å². The Kier molecular flexibility index (Phi) is 5.88. The van der Waals surface area contributed by atoms with Gasteiger partial charge >= 0.3 is 0 Å². The third-order valence-corrected chi connectivity index (χ3v) is 3.49. The molecule has 5 nitrogen and oxygen atoms in total. The highest BCUT2D eigenvalue weighted by Crippen LogP contribution is 2.09. The topological polar surface area (TPSA) is 78.4 Å². The lowest BCUT2D eigenvalue weighted by Gasteiger charge is -2.09. The van der Waals surface area contributed by atoms with E-state index in [0.29, 0.717) is 18.7 Å². The van der Waals surface area contributed by atoms with E-state index in [1.54, 1.807) is 12.1 Å². The molecule has 0 aliphatic heterocycles. The first-order chi connectivity index (χ1) is 11.1. The number of carbonyl (C=O) groups is 2. The maximum atomic E-state index is 12.2. The van der Waals surface area contributed by atoms with Crippen molar-refractivity contribution in [2.75, 3.05) is 0 Å². The molecule has 120 valence electrons. The second-order valence-electron chi connectivity index (χ2n) is 5.22. The maximum Gasteiger partial charge on any atom is 0.251 e. The Morgan fingerprint density at radius 3 is 2.17 bits per heavy atom. The fourth-order valence-electron chi connectivity index (χ4n) is 2.16. The SMILES string of the molecule is CC(=O)NCc1ccc(C(=O)NCc2ccccc2CO)cc1. The lowest BCUT2D eigenvalue weighted by atomic mass is 10.1. The highest BCUT2D eigenvalue weighted by molar-refractivity contribution is 5.94. The molecule has 2 rings (SSSR count). The lowest BCUT2D eigenvalue weighted by molar-refractivity contribution is -0.119. The number of carbonyl (C=O) groups excluding carboxylic acids is 2. The van der Waals surface area contributed by atoms with Crippen LogP contribution in [-0.4, -0.2) is 16.9 Å². The predicted molar refractivity (Wildman–Crippen MR) is 87.5 cm³/mol. The molecule has 0 saturated carbocycles. The lowest BCUT2D eigenvalue weighted by Crippen LogP contribution is -2.23. The number of rotatable bonds is 6. The van der Waals surface area contributed by atoms with Gasteiger partial charge in [0.2, 0.25) is 5.91 Å². The van der Waals surface area contributed by atoms with Crippen LogP contribution in [0.15, 0.2) is 48.5 Å². The molecule has 2 amide bonds. The number of hydrogen-bond acceptors (Lipinski definition) is 3. The molecule has 0 atom stereocenters. The van der Waals surface area contributed by atoms with Gasteiger partial charge in [0, 0.05) is 25.6 Å². The summed E-state index contributed by atoms with van der Waals surface area (Å²) in [7, 11) is 0. The number of hydrogen-bond donors (Lipinski definition) is 3. The van der Waals surface area contributed by atoms with Crippen LogP contribution in [0.2, 0.25) is 0 Å². The molecular weight excluding hydrogens is 292 g/mol. The Bertz CT molecular complexity index is 681. The average Bonchev–Trinajstić information content (AvgIpc) is 2.58. The molecule has 0 bridgehead atoms. The van der Waals surface area contributed by atoms with Gasteiger partial charge in [-0.3, -0.25) is 9.59 Å². The van der Waals surface area contributed by atoms with Crippen molar-refractivity contribution in [1.82, 2.24) is 10.6 Å². The zero-order valence-electron chi connectivity index (χ0n) is 13.0. The van der Waals surface area contributed by atoms with Crippen molar-refractivity contribution in [2.24, 2.45) is 0 Å². The van der Waals surface area contributed by atoms with E-state index in [1.807, 2.05) is 36.4 Å². The molecule has 0 saturated heterocycles. The monoisotopic (exact) mass is 312 g/mol. The number of benzene rings is 2. The number of amides is 2. The van der Waals surface area contributed by atoms with Gasteiger partial charge in [-0.15, -0.1) is 0 Å². The van der Waals surface area contributed by atoms with E-state index in [0.717, 1.165) is 16.7 Å². The van der Waals surface area contributed by atoms with Gasteiger partial charge in [-0.1, -0.05) is 36.4 Å². The third-order valence-electron chi connectivity index (χ3n) is 3.49. The molecule has 0 aliphatic carbocycles. The minimum absolute atomic E-state index is 0.0517. The molecule has 0 unspecified atom stereocenters. The van der Waals surface area contributed by atoms with Crippen LogP contribution in [0.3, 0.4) is 0 Å². The average molecular weight is 312 g/mol. The highest BCUT2D eigenvalue weighted by atomic mass is 16.3. The number of nitrogens with one attached hydrogen (secondary N) is 2. The first kappa shape index (κ1) is 16.7. The van der Waals surface area contributed by atoms with Crippen LogP contribution in [0.4, 0.5) is 0 Å². The molecule has 5 heteroatoms. The fraction of sp³-hybridized carbons (Fsp3) is 0.222. The van der Waals surface area contributed by atoms with E-state index in [-0.39, 0.29) is 18.4 Å². The van der Waals surface area contributed by atoms with Crippen LogP contribution in [-0.2, 0) is 24.5 Å². The van der Waals surface area contributed by atoms with E-state index in [9.17, 15) is 14.7 Å². The molecule has 0 aromatic heterocycles. The summed E-state index contributed by atoms with van der Waals surface area (Å²) in [6.45, 7) is 2.22. The van der Waals surface area contributed by atoms with Crippen LogP contribution < -0.4 is 10.6 Å². The molecule has 3 N–H and O–H groups in total. The van der Waals surface area contributed by atoms with E-state index >= 15 is 0 Å². The molecule has 0 heterocycles. The van der Waals surface area contributed by atoms with Gasteiger partial charge in [-0.05, 0) is 28.8 Å². The fourth-order valence-corrected chi connectivity index (χ4v) is 2.16. The molecule has 23 heavy (non-hydrogen) atoms. The standard InChI is InChI=1S/C18H20N2O3/c1-13(22)19-10-14-6-8-15(9-7-14)18(23)20-11-16-4-2-3-5-17(16)12-21/h2-9,21H,10-12H2,1H3,(H,19,22)(H,20,23). The Morgan fingerprint density at radius 2 is 1.57 bits per heavy atom. The Morgan fingerprint density at radius 1 is 0.913 bits per heavy atom. The van der Waals surface area contributed by atoms with Crippen molar-refractivity contribution in [3.63, 3.8) is 0 Å². The van der Waals surface area contributed by atoms with Crippen LogP contribution in [0.25, 0.3) is 0 Å². The summed E-state index contributed by atoms with van der Waals surface area (Å²) in [6.07, 6.45) is 0. The first-order valence-corrected chi connectivity index (χ1v) is 7.39. The summed E-state index contributed by atoms with van der Waals surface area (Å²) < 4.78 is 0. The highest BCUT2D eigenvalue weighted by Gasteiger charge is 2.07. The number of aliphatic hydroxyl groups excluding tert-OH is 1. The van der Waals surface area contributed by atoms with Gasteiger partial charge in [-0.2, -0.15) is 0 Å². The number of aliphatic hydroxyl groups is 1. The normalized spacial score (nSPS) is 10.2. The Hall–Kier alpha value is -2.66. The van der Waals surface area contributed by atoms with Gasteiger partial charge < -0.3 is 15.7 Å². The minimum atomic E-state index is -0.177. The first-order valence-electron chi connectivity index (χ1n) is 7.39. The molecule has 2 aromatic carbocycles. The summed E-state index contributed by atoms with van der Waals surface area (Å²) >= 11 is 0. The molecule has 0 spiro atoms. The molecule has 0 radical (unpaired) electrons. The summed E-state index contributed by atoms with van der Waals surface area (Å²) in [4.78, 5) is 23.0. The van der Waals surface area contributed by atoms with Crippen LogP contribution in [0.1, 0.15) is 34.0 Å². The van der Waals surface area contributed by atoms with Crippen LogP contribution in [0, 0.1) is 0 Å². The van der Waals surface area contributed by atoms with Gasteiger partial charge in [0.05, 0.1) is 6.61 Å². The molecule has 0 fully saturated rings. The van der Waals surface area contributed by atoms with Crippen molar-refractivity contribution in [3.8, 4) is 0 Å². The third kappa shape index (κ3) is 4.93. The smallest absolute Gasteiger partial charge is 0.251 e. The van der Waals surface area contributed by atoms with Gasteiger partial charge in [0.15, 0.2) is 0 Å². The Labute approximate surface area is 135 Å². The van der Waals surface area contributed by atoms with Gasteiger partial charge in [-0.25, -0.2) is 0 Å². The second-order valence-corrected chi connectivity index (χ2v) is 5.22. The molecule has 2 aromatic rings. The van der Waals surface area contributed by atoms with E-state index in [2.05, 4.69) is 10.6 Å². The minimum Gasteiger partial charge on any atom is -0.392 e. The van der Waals surface area contributed by atoms with Crippen LogP contribution >= 0.6 is 0 Å². The van der Waals surface area contributed by atoms with Crippen molar-refractivity contribution >= 4 is 11.8 Å². The van der Waals surface area contributed by atoms with Crippen molar-refractivity contribution < 1.29 is 14.7 Å².